The molecule has 0 aliphatic heterocycles. The molecule has 27 heavy (non-hydrogen) atoms. The third-order valence-electron chi connectivity index (χ3n) is 3.96. The number of hydrogen-bond acceptors (Lipinski definition) is 6. The second-order valence-electron chi connectivity index (χ2n) is 5.80. The van der Waals surface area contributed by atoms with Crippen LogP contribution in [-0.2, 0) is 4.74 Å². The summed E-state index contributed by atoms with van der Waals surface area (Å²) >= 11 is 0. The third kappa shape index (κ3) is 4.23. The summed E-state index contributed by atoms with van der Waals surface area (Å²) in [4.78, 5) is 21.5. The number of carbonyl (C=O) groups excluding carboxylic acids is 1. The maximum atomic E-state index is 12.5. The van der Waals surface area contributed by atoms with Gasteiger partial charge in [0.2, 0.25) is 5.95 Å². The molecule has 6 nitrogen and oxygen atoms in total. The first kappa shape index (κ1) is 18.4. The molecule has 1 heterocycles. The second kappa shape index (κ2) is 8.31. The Hall–Kier alpha value is -3.41. The van der Waals surface area contributed by atoms with Gasteiger partial charge in [0, 0.05) is 11.3 Å². The van der Waals surface area contributed by atoms with Gasteiger partial charge in [-0.2, -0.15) is 0 Å². The standard InChI is InChI=1S/C21H21N3O3/c1-4-27-20(25)18-14(2)22-21(23-16-10-12-17(26-3)13-11-16)24-19(18)15-8-6-5-7-9-15/h5-13H,4H2,1-3H3,(H,22,23,24). The Morgan fingerprint density at radius 3 is 2.37 bits per heavy atom. The van der Waals surface area contributed by atoms with Crippen molar-refractivity contribution < 1.29 is 14.3 Å². The van der Waals surface area contributed by atoms with Crippen LogP contribution in [0.1, 0.15) is 23.0 Å². The zero-order valence-electron chi connectivity index (χ0n) is 15.5. The van der Waals surface area contributed by atoms with Gasteiger partial charge in [0.1, 0.15) is 11.3 Å². The van der Waals surface area contributed by atoms with Crippen molar-refractivity contribution in [2.24, 2.45) is 0 Å². The molecule has 0 radical (unpaired) electrons. The summed E-state index contributed by atoms with van der Waals surface area (Å²) in [5.41, 5.74) is 3.11. The van der Waals surface area contributed by atoms with Crippen LogP contribution in [0.3, 0.4) is 0 Å². The van der Waals surface area contributed by atoms with Gasteiger partial charge in [-0.15, -0.1) is 0 Å². The summed E-state index contributed by atoms with van der Waals surface area (Å²) in [6.07, 6.45) is 0. The van der Waals surface area contributed by atoms with E-state index in [9.17, 15) is 4.79 Å². The summed E-state index contributed by atoms with van der Waals surface area (Å²) in [6, 6.07) is 17.0. The highest BCUT2D eigenvalue weighted by molar-refractivity contribution is 5.97. The predicted molar refractivity (Wildman–Crippen MR) is 104 cm³/mol. The Morgan fingerprint density at radius 2 is 1.74 bits per heavy atom. The lowest BCUT2D eigenvalue weighted by atomic mass is 10.0. The first-order chi connectivity index (χ1) is 13.1. The molecule has 0 unspecified atom stereocenters. The summed E-state index contributed by atoms with van der Waals surface area (Å²) in [7, 11) is 1.62. The highest BCUT2D eigenvalue weighted by Gasteiger charge is 2.21. The predicted octanol–water partition coefficient (Wildman–Crippen LogP) is 4.38. The van der Waals surface area contributed by atoms with Gasteiger partial charge in [0.05, 0.1) is 25.1 Å². The number of methoxy groups -OCH3 is 1. The molecule has 1 N–H and O–H groups in total. The number of carbonyl (C=O) groups is 1. The number of benzene rings is 2. The Kier molecular flexibility index (Phi) is 5.66. The van der Waals surface area contributed by atoms with E-state index in [4.69, 9.17) is 9.47 Å². The number of hydrogen-bond donors (Lipinski definition) is 1. The molecule has 3 rings (SSSR count). The van der Waals surface area contributed by atoms with Crippen molar-refractivity contribution in [1.29, 1.82) is 0 Å². The molecule has 0 spiro atoms. The van der Waals surface area contributed by atoms with E-state index >= 15 is 0 Å². The fraction of sp³-hybridized carbons (Fsp3) is 0.190. The normalized spacial score (nSPS) is 10.3. The Labute approximate surface area is 158 Å². The van der Waals surface area contributed by atoms with Gasteiger partial charge in [-0.25, -0.2) is 14.8 Å². The summed E-state index contributed by atoms with van der Waals surface area (Å²) in [6.45, 7) is 3.84. The number of ether oxygens (including phenoxy) is 2. The summed E-state index contributed by atoms with van der Waals surface area (Å²) < 4.78 is 10.4. The number of esters is 1. The van der Waals surface area contributed by atoms with Crippen LogP contribution in [0, 0.1) is 6.92 Å². The van der Waals surface area contributed by atoms with E-state index in [0.29, 0.717) is 29.5 Å². The summed E-state index contributed by atoms with van der Waals surface area (Å²) in [5.74, 6) is 0.745. The summed E-state index contributed by atoms with van der Waals surface area (Å²) in [5, 5.41) is 3.17. The van der Waals surface area contributed by atoms with Crippen LogP contribution in [0.25, 0.3) is 11.3 Å². The van der Waals surface area contributed by atoms with Gasteiger partial charge in [-0.05, 0) is 38.1 Å². The van der Waals surface area contributed by atoms with Crippen LogP contribution in [0.2, 0.25) is 0 Å². The van der Waals surface area contributed by atoms with Crippen molar-refractivity contribution in [3.05, 3.63) is 65.9 Å². The minimum absolute atomic E-state index is 0.290. The number of nitrogens with zero attached hydrogens (tertiary/aromatic N) is 2. The zero-order valence-corrected chi connectivity index (χ0v) is 15.5. The molecule has 0 aliphatic rings. The molecule has 0 saturated carbocycles. The van der Waals surface area contributed by atoms with Crippen molar-refractivity contribution in [1.82, 2.24) is 9.97 Å². The Bertz CT molecular complexity index is 925. The van der Waals surface area contributed by atoms with E-state index in [-0.39, 0.29) is 0 Å². The van der Waals surface area contributed by atoms with Crippen molar-refractivity contribution in [3.8, 4) is 17.0 Å². The fourth-order valence-electron chi connectivity index (χ4n) is 2.68. The van der Waals surface area contributed by atoms with E-state index in [1.54, 1.807) is 21.0 Å². The van der Waals surface area contributed by atoms with E-state index in [0.717, 1.165) is 17.0 Å². The number of nitrogens with one attached hydrogen (secondary N) is 1. The maximum absolute atomic E-state index is 12.5. The SMILES string of the molecule is CCOC(=O)c1c(C)nc(Nc2ccc(OC)cc2)nc1-c1ccccc1. The molecule has 0 bridgehead atoms. The smallest absolute Gasteiger partial charge is 0.342 e. The highest BCUT2D eigenvalue weighted by Crippen LogP contribution is 2.27. The van der Waals surface area contributed by atoms with Crippen LogP contribution < -0.4 is 10.1 Å². The molecule has 0 fully saturated rings. The minimum Gasteiger partial charge on any atom is -0.497 e. The topological polar surface area (TPSA) is 73.3 Å². The molecule has 0 amide bonds. The molecule has 138 valence electrons. The molecule has 6 heteroatoms. The molecule has 1 aromatic heterocycles. The largest absolute Gasteiger partial charge is 0.497 e. The van der Waals surface area contributed by atoms with Crippen molar-refractivity contribution in [2.75, 3.05) is 19.0 Å². The lowest BCUT2D eigenvalue weighted by Gasteiger charge is -2.14. The number of anilines is 2. The van der Waals surface area contributed by atoms with E-state index in [2.05, 4.69) is 15.3 Å². The van der Waals surface area contributed by atoms with Crippen LogP contribution in [0.15, 0.2) is 54.6 Å². The minimum atomic E-state index is -0.426. The molecule has 3 aromatic rings. The number of aromatic nitrogens is 2. The van der Waals surface area contributed by atoms with E-state index < -0.39 is 5.97 Å². The first-order valence-electron chi connectivity index (χ1n) is 8.64. The van der Waals surface area contributed by atoms with Gasteiger partial charge in [0.15, 0.2) is 0 Å². The Balaban J connectivity index is 2.03. The molecular weight excluding hydrogens is 342 g/mol. The third-order valence-corrected chi connectivity index (χ3v) is 3.96. The van der Waals surface area contributed by atoms with Crippen LogP contribution in [0.5, 0.6) is 5.75 Å². The van der Waals surface area contributed by atoms with Crippen LogP contribution in [-0.4, -0.2) is 29.7 Å². The van der Waals surface area contributed by atoms with Gasteiger partial charge >= 0.3 is 5.97 Å². The van der Waals surface area contributed by atoms with Gasteiger partial charge in [0.25, 0.3) is 0 Å². The zero-order chi connectivity index (χ0) is 19.2. The average molecular weight is 363 g/mol. The average Bonchev–Trinajstić information content (AvgIpc) is 2.69. The van der Waals surface area contributed by atoms with Crippen molar-refractivity contribution in [3.63, 3.8) is 0 Å². The fourth-order valence-corrected chi connectivity index (χ4v) is 2.68. The molecule has 0 aliphatic carbocycles. The van der Waals surface area contributed by atoms with Crippen molar-refractivity contribution in [2.45, 2.75) is 13.8 Å². The highest BCUT2D eigenvalue weighted by atomic mass is 16.5. The van der Waals surface area contributed by atoms with Gasteiger partial charge in [-0.1, -0.05) is 30.3 Å². The van der Waals surface area contributed by atoms with E-state index in [1.807, 2.05) is 54.6 Å². The van der Waals surface area contributed by atoms with E-state index in [1.165, 1.54) is 0 Å². The molecular formula is C21H21N3O3. The quantitative estimate of drug-likeness (QED) is 0.655. The Morgan fingerprint density at radius 1 is 1.04 bits per heavy atom. The van der Waals surface area contributed by atoms with Crippen molar-refractivity contribution >= 4 is 17.6 Å². The first-order valence-corrected chi connectivity index (χ1v) is 8.64. The van der Waals surface area contributed by atoms with Crippen LogP contribution >= 0.6 is 0 Å². The lowest BCUT2D eigenvalue weighted by molar-refractivity contribution is 0.0525. The van der Waals surface area contributed by atoms with Crippen LogP contribution in [0.4, 0.5) is 11.6 Å². The second-order valence-corrected chi connectivity index (χ2v) is 5.80. The van der Waals surface area contributed by atoms with Gasteiger partial charge < -0.3 is 14.8 Å². The number of rotatable bonds is 6. The molecule has 2 aromatic carbocycles. The molecule has 0 atom stereocenters. The number of aryl methyl sites for hydroxylation is 1. The maximum Gasteiger partial charge on any atom is 0.342 e. The van der Waals surface area contributed by atoms with Gasteiger partial charge in [-0.3, -0.25) is 0 Å². The monoisotopic (exact) mass is 363 g/mol. The molecule has 0 saturated heterocycles. The lowest BCUT2D eigenvalue weighted by Crippen LogP contribution is -2.13.